The largest absolute Gasteiger partial charge is 0.348 e. The molecule has 0 amide bonds. The third kappa shape index (κ3) is 3.12. The Morgan fingerprint density at radius 2 is 2.08 bits per heavy atom. The molecule has 128 valence electrons. The van der Waals surface area contributed by atoms with Crippen LogP contribution in [0.5, 0.6) is 0 Å². The van der Waals surface area contributed by atoms with Crippen molar-refractivity contribution >= 4 is 5.65 Å². The normalized spacial score (nSPS) is 13.5. The molecule has 0 saturated carbocycles. The molecular formula is C17H24N6O. The second-order valence-electron chi connectivity index (χ2n) is 7.21. The minimum Gasteiger partial charge on any atom is -0.348 e. The van der Waals surface area contributed by atoms with Crippen LogP contribution < -0.4 is 10.9 Å². The van der Waals surface area contributed by atoms with E-state index >= 15 is 0 Å². The molecule has 0 spiro atoms. The van der Waals surface area contributed by atoms with Crippen LogP contribution in [0.4, 0.5) is 0 Å². The number of aryl methyl sites for hydroxylation is 1. The van der Waals surface area contributed by atoms with Crippen LogP contribution in [0, 0.1) is 6.92 Å². The van der Waals surface area contributed by atoms with Gasteiger partial charge < -0.3 is 10.3 Å². The number of fused-ring (bicyclic) bond motifs is 1. The Labute approximate surface area is 140 Å². The topological polar surface area (TPSA) is 90.9 Å². The smallest absolute Gasteiger partial charge is 0.272 e. The number of hydrogen-bond donors (Lipinski definition) is 3. The Morgan fingerprint density at radius 3 is 2.71 bits per heavy atom. The first-order valence-corrected chi connectivity index (χ1v) is 8.11. The van der Waals surface area contributed by atoms with Crippen LogP contribution in [0.2, 0.25) is 0 Å². The summed E-state index contributed by atoms with van der Waals surface area (Å²) in [6.45, 7) is 10.9. The lowest BCUT2D eigenvalue weighted by Crippen LogP contribution is -2.23. The van der Waals surface area contributed by atoms with Gasteiger partial charge in [-0.15, -0.1) is 0 Å². The molecule has 3 N–H and O–H groups in total. The maximum absolute atomic E-state index is 12.4. The predicted octanol–water partition coefficient (Wildman–Crippen LogP) is 2.20. The molecule has 0 aliphatic carbocycles. The predicted molar refractivity (Wildman–Crippen MR) is 93.1 cm³/mol. The number of nitrogens with one attached hydrogen (secondary N) is 3. The molecule has 1 unspecified atom stereocenters. The van der Waals surface area contributed by atoms with Crippen molar-refractivity contribution in [1.82, 2.24) is 29.9 Å². The molecule has 0 bridgehead atoms. The Hall–Kier alpha value is -2.41. The van der Waals surface area contributed by atoms with Crippen molar-refractivity contribution in [2.45, 2.75) is 52.6 Å². The zero-order valence-corrected chi connectivity index (χ0v) is 14.8. The van der Waals surface area contributed by atoms with Crippen LogP contribution in [-0.4, -0.2) is 24.6 Å². The van der Waals surface area contributed by atoms with Crippen LogP contribution in [0.1, 0.15) is 56.5 Å². The molecule has 3 aromatic heterocycles. The number of rotatable bonds is 4. The fraction of sp³-hybridized carbons (Fsp3) is 0.471. The summed E-state index contributed by atoms with van der Waals surface area (Å²) in [4.78, 5) is 24.3. The highest BCUT2D eigenvalue weighted by molar-refractivity contribution is 5.41. The molecule has 0 radical (unpaired) electrons. The molecule has 3 heterocycles. The highest BCUT2D eigenvalue weighted by atomic mass is 16.1. The van der Waals surface area contributed by atoms with Gasteiger partial charge in [-0.05, 0) is 13.8 Å². The van der Waals surface area contributed by atoms with E-state index in [2.05, 4.69) is 46.1 Å². The van der Waals surface area contributed by atoms with Gasteiger partial charge in [-0.3, -0.25) is 9.89 Å². The number of H-pyrrole nitrogens is 2. The number of hydrogen-bond acceptors (Lipinski definition) is 4. The van der Waals surface area contributed by atoms with Crippen molar-refractivity contribution in [3.05, 3.63) is 51.6 Å². The first kappa shape index (κ1) is 16.4. The highest BCUT2D eigenvalue weighted by Crippen LogP contribution is 2.21. The molecule has 7 nitrogen and oxygen atoms in total. The van der Waals surface area contributed by atoms with Gasteiger partial charge in [0.1, 0.15) is 0 Å². The average Bonchev–Trinajstić information content (AvgIpc) is 3.10. The van der Waals surface area contributed by atoms with Crippen molar-refractivity contribution in [2.75, 3.05) is 0 Å². The van der Waals surface area contributed by atoms with Crippen LogP contribution in [0.3, 0.4) is 0 Å². The number of aromatic amines is 2. The molecule has 24 heavy (non-hydrogen) atoms. The van der Waals surface area contributed by atoms with Gasteiger partial charge >= 0.3 is 0 Å². The fourth-order valence-corrected chi connectivity index (χ4v) is 2.54. The summed E-state index contributed by atoms with van der Waals surface area (Å²) >= 11 is 0. The van der Waals surface area contributed by atoms with Gasteiger partial charge in [0.2, 0.25) is 0 Å². The van der Waals surface area contributed by atoms with Gasteiger partial charge in [0.05, 0.1) is 17.7 Å². The molecule has 3 aromatic rings. The van der Waals surface area contributed by atoms with E-state index in [9.17, 15) is 4.79 Å². The minimum atomic E-state index is -0.102. The summed E-state index contributed by atoms with van der Waals surface area (Å²) in [7, 11) is 0. The lowest BCUT2D eigenvalue weighted by molar-refractivity contribution is 0.551. The molecular weight excluding hydrogens is 304 g/mol. The van der Waals surface area contributed by atoms with Crippen molar-refractivity contribution in [3.8, 4) is 0 Å². The first-order chi connectivity index (χ1) is 11.3. The van der Waals surface area contributed by atoms with Gasteiger partial charge in [0.25, 0.3) is 5.56 Å². The highest BCUT2D eigenvalue weighted by Gasteiger charge is 2.19. The lowest BCUT2D eigenvalue weighted by Gasteiger charge is -2.14. The van der Waals surface area contributed by atoms with Crippen molar-refractivity contribution < 1.29 is 0 Å². The van der Waals surface area contributed by atoms with Crippen molar-refractivity contribution in [3.63, 3.8) is 0 Å². The van der Waals surface area contributed by atoms with Crippen LogP contribution in [0.15, 0.2) is 23.3 Å². The summed E-state index contributed by atoms with van der Waals surface area (Å²) in [6.07, 6.45) is 1.68. The molecule has 1 atom stereocenters. The summed E-state index contributed by atoms with van der Waals surface area (Å²) < 4.78 is 1.49. The molecule has 0 aromatic carbocycles. The monoisotopic (exact) mass is 328 g/mol. The van der Waals surface area contributed by atoms with Gasteiger partial charge in [-0.25, -0.2) is 14.5 Å². The Morgan fingerprint density at radius 1 is 1.33 bits per heavy atom. The number of nitrogens with zero attached hydrogens (tertiary/aromatic N) is 3. The Kier molecular flexibility index (Phi) is 4.04. The van der Waals surface area contributed by atoms with E-state index in [0.29, 0.717) is 12.2 Å². The Bertz CT molecular complexity index is 911. The van der Waals surface area contributed by atoms with Crippen LogP contribution in [-0.2, 0) is 12.0 Å². The van der Waals surface area contributed by atoms with E-state index in [-0.39, 0.29) is 17.0 Å². The van der Waals surface area contributed by atoms with E-state index in [1.54, 1.807) is 12.4 Å². The first-order valence-electron chi connectivity index (χ1n) is 8.11. The maximum Gasteiger partial charge on any atom is 0.272 e. The van der Waals surface area contributed by atoms with Gasteiger partial charge in [-0.2, -0.15) is 0 Å². The van der Waals surface area contributed by atoms with Gasteiger partial charge in [0, 0.05) is 41.5 Å². The zero-order valence-electron chi connectivity index (χ0n) is 14.8. The molecule has 7 heteroatoms. The third-order valence-corrected chi connectivity index (χ3v) is 4.23. The average molecular weight is 328 g/mol. The third-order valence-electron chi connectivity index (χ3n) is 4.23. The standard InChI is InChI=1S/C17H24N6O/c1-10(18-8-13-11(2)19-9-20-13)12-6-16(24)23-15(21-12)7-14(22-23)17(3,4)5/h6-7,9-10,18,22H,8H2,1-5H3,(H,19,20). The number of imidazole rings is 1. The van der Waals surface area contributed by atoms with E-state index in [1.165, 1.54) is 4.52 Å². The summed E-state index contributed by atoms with van der Waals surface area (Å²) in [5.41, 5.74) is 4.20. The molecule has 0 saturated heterocycles. The van der Waals surface area contributed by atoms with Crippen molar-refractivity contribution in [1.29, 1.82) is 0 Å². The van der Waals surface area contributed by atoms with Crippen LogP contribution >= 0.6 is 0 Å². The second kappa shape index (κ2) is 5.90. The molecule has 3 rings (SSSR count). The lowest BCUT2D eigenvalue weighted by atomic mass is 9.93. The van der Waals surface area contributed by atoms with Gasteiger partial charge in [0.15, 0.2) is 5.65 Å². The summed E-state index contributed by atoms with van der Waals surface area (Å²) in [6, 6.07) is 3.47. The van der Waals surface area contributed by atoms with Gasteiger partial charge in [-0.1, -0.05) is 20.8 Å². The summed E-state index contributed by atoms with van der Waals surface area (Å²) in [5, 5.41) is 6.51. The van der Waals surface area contributed by atoms with E-state index in [4.69, 9.17) is 0 Å². The Balaban J connectivity index is 1.86. The summed E-state index contributed by atoms with van der Waals surface area (Å²) in [5.74, 6) is 0. The fourth-order valence-electron chi connectivity index (χ4n) is 2.54. The SMILES string of the molecule is Cc1[nH]cnc1CNC(C)c1cc(=O)n2[nH]c(C(C)(C)C)cc2n1. The molecule has 0 fully saturated rings. The quantitative estimate of drug-likeness (QED) is 0.685. The van der Waals surface area contributed by atoms with E-state index in [1.807, 2.05) is 19.9 Å². The van der Waals surface area contributed by atoms with Crippen molar-refractivity contribution in [2.24, 2.45) is 0 Å². The maximum atomic E-state index is 12.4. The molecule has 0 aliphatic heterocycles. The minimum absolute atomic E-state index is 0.0493. The zero-order chi connectivity index (χ0) is 17.5. The van der Waals surface area contributed by atoms with E-state index < -0.39 is 0 Å². The van der Waals surface area contributed by atoms with Crippen LogP contribution in [0.25, 0.3) is 5.65 Å². The number of aromatic nitrogens is 5. The second-order valence-corrected chi connectivity index (χ2v) is 7.21. The molecule has 0 aliphatic rings. The van der Waals surface area contributed by atoms with E-state index in [0.717, 1.165) is 22.8 Å².